The van der Waals surface area contributed by atoms with Crippen molar-refractivity contribution >= 4 is 17.6 Å². The molecule has 0 bridgehead atoms. The maximum Gasteiger partial charge on any atom is 0.228 e. The van der Waals surface area contributed by atoms with Crippen LogP contribution in [0.5, 0.6) is 0 Å². The smallest absolute Gasteiger partial charge is 0.228 e. The zero-order valence-electron chi connectivity index (χ0n) is 11.7. The van der Waals surface area contributed by atoms with E-state index in [1.165, 1.54) is 0 Å². The lowest BCUT2D eigenvalue weighted by Gasteiger charge is -2.28. The predicted octanol–water partition coefficient (Wildman–Crippen LogP) is 1.57. The van der Waals surface area contributed by atoms with E-state index >= 15 is 0 Å². The number of aryl methyl sites for hydroxylation is 2. The van der Waals surface area contributed by atoms with E-state index < -0.39 is 17.8 Å². The molecule has 0 aromatic heterocycles. The van der Waals surface area contributed by atoms with Crippen LogP contribution in [0.1, 0.15) is 24.0 Å². The summed E-state index contributed by atoms with van der Waals surface area (Å²) in [5.41, 5.74) is 2.70. The summed E-state index contributed by atoms with van der Waals surface area (Å²) in [6.45, 7) is 3.83. The summed E-state index contributed by atoms with van der Waals surface area (Å²) in [4.78, 5) is 23.5. The molecule has 0 fully saturated rings. The highest BCUT2D eigenvalue weighted by molar-refractivity contribution is 5.96. The van der Waals surface area contributed by atoms with Gasteiger partial charge in [0.15, 0.2) is 0 Å². The number of rotatable bonds is 3. The van der Waals surface area contributed by atoms with E-state index in [9.17, 15) is 14.7 Å². The summed E-state index contributed by atoms with van der Waals surface area (Å²) in [7, 11) is 0. The number of allylic oxidation sites excluding steroid dienone is 2. The highest BCUT2D eigenvalue weighted by Crippen LogP contribution is 2.28. The Bertz CT molecular complexity index is 543. The van der Waals surface area contributed by atoms with Crippen molar-refractivity contribution in [1.29, 1.82) is 0 Å². The summed E-state index contributed by atoms with van der Waals surface area (Å²) in [5.74, 6) is -2.72. The Balaban J connectivity index is 2.19. The monoisotopic (exact) mass is 272 g/mol. The van der Waals surface area contributed by atoms with Gasteiger partial charge in [-0.05, 0) is 37.8 Å². The molecule has 1 aromatic rings. The Hall–Kier alpha value is -2.10. The number of aliphatic carboxylic acids is 1. The fourth-order valence-electron chi connectivity index (χ4n) is 2.59. The molecule has 0 aliphatic heterocycles. The molecule has 1 aliphatic rings. The van der Waals surface area contributed by atoms with E-state index in [-0.39, 0.29) is 5.91 Å². The van der Waals surface area contributed by atoms with Crippen molar-refractivity contribution in [3.8, 4) is 0 Å². The van der Waals surface area contributed by atoms with E-state index in [4.69, 9.17) is 0 Å². The van der Waals surface area contributed by atoms with Gasteiger partial charge in [-0.15, -0.1) is 0 Å². The Morgan fingerprint density at radius 3 is 2.20 bits per heavy atom. The number of hydrogen-bond donors (Lipinski definition) is 1. The van der Waals surface area contributed by atoms with Gasteiger partial charge in [0.05, 0.1) is 5.92 Å². The molecule has 4 heteroatoms. The van der Waals surface area contributed by atoms with E-state index in [0.29, 0.717) is 12.8 Å². The first-order valence-electron chi connectivity index (χ1n) is 6.73. The summed E-state index contributed by atoms with van der Waals surface area (Å²) < 4.78 is 0. The highest BCUT2D eigenvalue weighted by Gasteiger charge is 2.30. The normalized spacial score (nSPS) is 21.5. The molecule has 2 atom stereocenters. The van der Waals surface area contributed by atoms with Crippen LogP contribution in [0.25, 0.3) is 0 Å². The predicted molar refractivity (Wildman–Crippen MR) is 74.9 cm³/mol. The van der Waals surface area contributed by atoms with Gasteiger partial charge in [0.1, 0.15) is 0 Å². The molecule has 20 heavy (non-hydrogen) atoms. The molecule has 1 N–H and O–H groups in total. The number of carboxylic acid groups (broad SMARTS) is 1. The number of nitrogens with one attached hydrogen (secondary N) is 1. The SMILES string of the molecule is Cc1cccc(C)c1NC(=O)[C@@H]1CC=CC[C@H]1C(=O)[O-]. The first-order chi connectivity index (χ1) is 9.50. The second-order valence-corrected chi connectivity index (χ2v) is 5.23. The summed E-state index contributed by atoms with van der Waals surface area (Å²) >= 11 is 0. The van der Waals surface area contributed by atoms with Crippen LogP contribution in [0.3, 0.4) is 0 Å². The average molecular weight is 272 g/mol. The molecule has 106 valence electrons. The van der Waals surface area contributed by atoms with Gasteiger partial charge in [-0.1, -0.05) is 30.4 Å². The minimum atomic E-state index is -1.16. The van der Waals surface area contributed by atoms with Crippen molar-refractivity contribution in [1.82, 2.24) is 0 Å². The van der Waals surface area contributed by atoms with Crippen LogP contribution in [0.15, 0.2) is 30.4 Å². The van der Waals surface area contributed by atoms with E-state index in [0.717, 1.165) is 16.8 Å². The number of carboxylic acids is 1. The summed E-state index contributed by atoms with van der Waals surface area (Å²) in [6, 6.07) is 5.76. The molecule has 0 heterocycles. The van der Waals surface area contributed by atoms with Gasteiger partial charge >= 0.3 is 0 Å². The zero-order valence-corrected chi connectivity index (χ0v) is 11.7. The standard InChI is InChI=1S/C16H19NO3/c1-10-6-5-7-11(2)14(10)17-15(18)12-8-3-4-9-13(12)16(19)20/h3-7,12-13H,8-9H2,1-2H3,(H,17,18)(H,19,20)/p-1/t12-,13-/m1/s1. The fourth-order valence-corrected chi connectivity index (χ4v) is 2.59. The van der Waals surface area contributed by atoms with Crippen molar-refractivity contribution in [2.45, 2.75) is 26.7 Å². The number of carbonyl (C=O) groups is 2. The molecule has 1 amide bonds. The molecule has 2 rings (SSSR count). The molecule has 1 aliphatic carbocycles. The number of benzene rings is 1. The number of carbonyl (C=O) groups excluding carboxylic acids is 2. The third-order valence-electron chi connectivity index (χ3n) is 3.80. The number of anilines is 1. The molecule has 0 unspecified atom stereocenters. The lowest BCUT2D eigenvalue weighted by atomic mass is 9.82. The Kier molecular flexibility index (Phi) is 4.23. The van der Waals surface area contributed by atoms with Crippen molar-refractivity contribution in [2.24, 2.45) is 11.8 Å². The first-order valence-corrected chi connectivity index (χ1v) is 6.73. The molecule has 4 nitrogen and oxygen atoms in total. The van der Waals surface area contributed by atoms with Crippen LogP contribution in [-0.4, -0.2) is 11.9 Å². The lowest BCUT2D eigenvalue weighted by molar-refractivity contribution is -0.313. The van der Waals surface area contributed by atoms with E-state index in [1.807, 2.05) is 38.1 Å². The van der Waals surface area contributed by atoms with Gasteiger partial charge in [-0.25, -0.2) is 0 Å². The minimum absolute atomic E-state index is 0.249. The molecular formula is C16H18NO3-. The zero-order chi connectivity index (χ0) is 14.7. The minimum Gasteiger partial charge on any atom is -0.550 e. The van der Waals surface area contributed by atoms with Crippen molar-refractivity contribution in [3.05, 3.63) is 41.5 Å². The van der Waals surface area contributed by atoms with Gasteiger partial charge in [0.25, 0.3) is 0 Å². The highest BCUT2D eigenvalue weighted by atomic mass is 16.4. The lowest BCUT2D eigenvalue weighted by Crippen LogP contribution is -2.41. The van der Waals surface area contributed by atoms with E-state index in [2.05, 4.69) is 5.32 Å². The van der Waals surface area contributed by atoms with Crippen molar-refractivity contribution in [2.75, 3.05) is 5.32 Å². The van der Waals surface area contributed by atoms with E-state index in [1.54, 1.807) is 6.08 Å². The van der Waals surface area contributed by atoms with Crippen LogP contribution in [0.4, 0.5) is 5.69 Å². The third kappa shape index (κ3) is 2.90. The number of para-hydroxylation sites is 1. The number of amides is 1. The maximum absolute atomic E-state index is 12.4. The second-order valence-electron chi connectivity index (χ2n) is 5.23. The maximum atomic E-state index is 12.4. The third-order valence-corrected chi connectivity index (χ3v) is 3.80. The van der Waals surface area contributed by atoms with Gasteiger partial charge in [-0.3, -0.25) is 4.79 Å². The first kappa shape index (κ1) is 14.3. The molecule has 1 aromatic carbocycles. The van der Waals surface area contributed by atoms with Crippen molar-refractivity contribution < 1.29 is 14.7 Å². The molecule has 0 saturated heterocycles. The Labute approximate surface area is 118 Å². The molecule has 0 saturated carbocycles. The molecule has 0 radical (unpaired) electrons. The van der Waals surface area contributed by atoms with Gasteiger partial charge < -0.3 is 15.2 Å². The van der Waals surface area contributed by atoms with Gasteiger partial charge in [-0.2, -0.15) is 0 Å². The summed E-state index contributed by atoms with van der Waals surface area (Å²) in [6.07, 6.45) is 4.44. The second kappa shape index (κ2) is 5.90. The van der Waals surface area contributed by atoms with Crippen LogP contribution in [0, 0.1) is 25.7 Å². The van der Waals surface area contributed by atoms with Crippen LogP contribution < -0.4 is 10.4 Å². The topological polar surface area (TPSA) is 69.2 Å². The van der Waals surface area contributed by atoms with Crippen molar-refractivity contribution in [3.63, 3.8) is 0 Å². The summed E-state index contributed by atoms with van der Waals surface area (Å²) in [5, 5.41) is 14.0. The van der Waals surface area contributed by atoms with Crippen LogP contribution in [0.2, 0.25) is 0 Å². The van der Waals surface area contributed by atoms with Gasteiger partial charge in [0.2, 0.25) is 5.91 Å². The van der Waals surface area contributed by atoms with Gasteiger partial charge in [0, 0.05) is 17.6 Å². The van der Waals surface area contributed by atoms with Crippen LogP contribution in [-0.2, 0) is 9.59 Å². The average Bonchev–Trinajstić information content (AvgIpc) is 2.43. The van der Waals surface area contributed by atoms with Crippen LogP contribution >= 0.6 is 0 Å². The quantitative estimate of drug-likeness (QED) is 0.849. The number of hydrogen-bond acceptors (Lipinski definition) is 3. The Morgan fingerprint density at radius 1 is 1.10 bits per heavy atom. The molecule has 0 spiro atoms. The molecular weight excluding hydrogens is 254 g/mol. The fraction of sp³-hybridized carbons (Fsp3) is 0.375. The Morgan fingerprint density at radius 2 is 1.65 bits per heavy atom. The largest absolute Gasteiger partial charge is 0.550 e.